The van der Waals surface area contributed by atoms with Crippen molar-refractivity contribution in [3.05, 3.63) is 53.6 Å². The van der Waals surface area contributed by atoms with Crippen LogP contribution in [0.3, 0.4) is 0 Å². The van der Waals surface area contributed by atoms with Crippen LogP contribution < -0.4 is 14.4 Å². The minimum absolute atomic E-state index is 0. The van der Waals surface area contributed by atoms with E-state index in [4.69, 9.17) is 9.47 Å². The molecule has 2 saturated carbocycles. The van der Waals surface area contributed by atoms with E-state index in [1.165, 1.54) is 0 Å². The highest BCUT2D eigenvalue weighted by Crippen LogP contribution is 2.57. The average molecular weight is 575 g/mol. The van der Waals surface area contributed by atoms with Gasteiger partial charge in [0.15, 0.2) is 0 Å². The van der Waals surface area contributed by atoms with Crippen molar-refractivity contribution in [1.82, 2.24) is 4.90 Å². The highest BCUT2D eigenvalue weighted by molar-refractivity contribution is 7.59. The summed E-state index contributed by atoms with van der Waals surface area (Å²) in [6.07, 6.45) is 6.16. The molecule has 6 nitrogen and oxygen atoms in total. The Hall–Kier alpha value is -2.52. The van der Waals surface area contributed by atoms with E-state index >= 15 is 0 Å². The summed E-state index contributed by atoms with van der Waals surface area (Å²) in [6, 6.07) is 14.1. The number of nitrogens with zero attached hydrogens (tertiary/aromatic N) is 2. The lowest BCUT2D eigenvalue weighted by Gasteiger charge is -2.46. The highest BCUT2D eigenvalue weighted by atomic mass is 32.1. The normalized spacial score (nSPS) is 22.5. The van der Waals surface area contributed by atoms with Gasteiger partial charge in [0.2, 0.25) is 0 Å². The zero-order valence-electron chi connectivity index (χ0n) is 23.1. The van der Waals surface area contributed by atoms with E-state index in [1.54, 1.807) is 7.11 Å². The van der Waals surface area contributed by atoms with E-state index in [0.717, 1.165) is 79.9 Å². The summed E-state index contributed by atoms with van der Waals surface area (Å²) in [6.45, 7) is 2.07. The summed E-state index contributed by atoms with van der Waals surface area (Å²) in [7, 11) is 1.66. The second-order valence-corrected chi connectivity index (χ2v) is 12.0. The zero-order chi connectivity index (χ0) is 27.2. The predicted octanol–water partition coefficient (Wildman–Crippen LogP) is 6.01. The summed E-state index contributed by atoms with van der Waals surface area (Å²) < 4.78 is 39.2. The van der Waals surface area contributed by atoms with Crippen molar-refractivity contribution in [2.24, 2.45) is 11.8 Å². The number of halogens is 2. The molecule has 0 spiro atoms. The number of anilines is 1. The molecule has 2 aliphatic heterocycles. The van der Waals surface area contributed by atoms with Gasteiger partial charge in [-0.25, -0.2) is 8.78 Å². The number of hydrogen-bond donors (Lipinski definition) is 1. The van der Waals surface area contributed by atoms with Gasteiger partial charge in [-0.2, -0.15) is 13.5 Å². The molecule has 0 radical (unpaired) electrons. The molecule has 2 aromatic rings. The third-order valence-electron chi connectivity index (χ3n) is 9.19. The molecule has 6 rings (SSSR count). The van der Waals surface area contributed by atoms with E-state index in [-0.39, 0.29) is 44.5 Å². The van der Waals surface area contributed by atoms with E-state index < -0.39 is 11.9 Å². The van der Waals surface area contributed by atoms with Gasteiger partial charge in [-0.1, -0.05) is 18.2 Å². The van der Waals surface area contributed by atoms with Crippen LogP contribution in [0, 0.1) is 11.8 Å². The summed E-state index contributed by atoms with van der Waals surface area (Å²) in [4.78, 5) is 15.7. The van der Waals surface area contributed by atoms with Gasteiger partial charge in [-0.15, -0.1) is 0 Å². The van der Waals surface area contributed by atoms with Crippen LogP contribution in [0.1, 0.15) is 62.0 Å². The zero-order valence-corrected chi connectivity index (χ0v) is 24.1. The lowest BCUT2D eigenvalue weighted by molar-refractivity contribution is -0.153. The summed E-state index contributed by atoms with van der Waals surface area (Å²) in [5.74, 6) is -0.784. The quantitative estimate of drug-likeness (QED) is 0.355. The molecule has 2 aliphatic carbocycles. The van der Waals surface area contributed by atoms with Gasteiger partial charge in [0.05, 0.1) is 33.2 Å². The Morgan fingerprint density at radius 2 is 1.77 bits per heavy atom. The number of carbonyl (C=O) groups is 1. The minimum atomic E-state index is -2.57. The van der Waals surface area contributed by atoms with E-state index in [1.807, 2.05) is 35.2 Å². The first-order valence-electron chi connectivity index (χ1n) is 14.3. The number of likely N-dealkylation sites (tertiary alicyclic amines) is 1. The molecule has 2 aromatic carbocycles. The number of carboxylic acid groups (broad SMARTS) is 1. The monoisotopic (exact) mass is 574 g/mol. The van der Waals surface area contributed by atoms with E-state index in [0.29, 0.717) is 18.4 Å². The van der Waals surface area contributed by atoms with Crippen molar-refractivity contribution in [1.29, 1.82) is 0 Å². The summed E-state index contributed by atoms with van der Waals surface area (Å²) >= 11 is 0. The molecule has 2 heterocycles. The number of hydrogen-bond acceptors (Lipinski definition) is 5. The average Bonchev–Trinajstić information content (AvgIpc) is 3.84. The van der Waals surface area contributed by atoms with Crippen molar-refractivity contribution < 1.29 is 28.2 Å². The SMILES string of the molecule is COc1ccc(C2(N3CC(F)(F)C3)CC2)c(N2CCC(COc3cccc([C@@H](CC(=O)O)C4CC4)c3)CC2)c1.S. The molecule has 2 saturated heterocycles. The fraction of sp³-hybridized carbons (Fsp3) is 0.581. The van der Waals surface area contributed by atoms with E-state index in [9.17, 15) is 18.7 Å². The smallest absolute Gasteiger partial charge is 0.303 e. The molecule has 40 heavy (non-hydrogen) atoms. The van der Waals surface area contributed by atoms with Crippen molar-refractivity contribution in [2.45, 2.75) is 62.3 Å². The third-order valence-corrected chi connectivity index (χ3v) is 9.19. The Bertz CT molecular complexity index is 1200. The number of ether oxygens (including phenoxy) is 2. The Morgan fingerprint density at radius 3 is 2.38 bits per heavy atom. The number of benzene rings is 2. The Kier molecular flexibility index (Phi) is 8.26. The Morgan fingerprint density at radius 1 is 1.05 bits per heavy atom. The highest BCUT2D eigenvalue weighted by Gasteiger charge is 2.60. The van der Waals surface area contributed by atoms with Gasteiger partial charge in [0.25, 0.3) is 5.92 Å². The number of piperidine rings is 1. The summed E-state index contributed by atoms with van der Waals surface area (Å²) in [5, 5.41) is 9.35. The Balaban J connectivity index is 0.00000323. The molecule has 0 aromatic heterocycles. The maximum atomic E-state index is 13.7. The molecule has 1 N–H and O–H groups in total. The van der Waals surface area contributed by atoms with Crippen LogP contribution in [0.4, 0.5) is 14.5 Å². The number of alkyl halides is 2. The van der Waals surface area contributed by atoms with Crippen LogP contribution in [0.2, 0.25) is 0 Å². The molecule has 4 fully saturated rings. The largest absolute Gasteiger partial charge is 0.497 e. The van der Waals surface area contributed by atoms with Crippen molar-refractivity contribution in [2.75, 3.05) is 44.8 Å². The van der Waals surface area contributed by atoms with Crippen LogP contribution in [0.5, 0.6) is 11.5 Å². The third kappa shape index (κ3) is 6.05. The fourth-order valence-electron chi connectivity index (χ4n) is 6.62. The molecule has 0 bridgehead atoms. The first-order valence-corrected chi connectivity index (χ1v) is 14.3. The number of rotatable bonds is 11. The molecular weight excluding hydrogens is 534 g/mol. The van der Waals surface area contributed by atoms with E-state index in [2.05, 4.69) is 17.0 Å². The summed E-state index contributed by atoms with van der Waals surface area (Å²) in [5.41, 5.74) is 3.05. The Labute approximate surface area is 242 Å². The molecular formula is C31H40F2N2O4S. The molecule has 0 unspecified atom stereocenters. The van der Waals surface area contributed by atoms with Gasteiger partial charge >= 0.3 is 5.97 Å². The second-order valence-electron chi connectivity index (χ2n) is 12.0. The van der Waals surface area contributed by atoms with Gasteiger partial charge < -0.3 is 19.5 Å². The van der Waals surface area contributed by atoms with Crippen LogP contribution in [0.15, 0.2) is 42.5 Å². The number of carboxylic acids is 1. The van der Waals surface area contributed by atoms with Crippen molar-refractivity contribution >= 4 is 25.2 Å². The van der Waals surface area contributed by atoms with Gasteiger partial charge in [-0.3, -0.25) is 9.69 Å². The van der Waals surface area contributed by atoms with Gasteiger partial charge in [-0.05, 0) is 85.6 Å². The second kappa shape index (κ2) is 11.4. The fourth-order valence-corrected chi connectivity index (χ4v) is 6.62. The van der Waals surface area contributed by atoms with Gasteiger partial charge in [0, 0.05) is 30.4 Å². The maximum absolute atomic E-state index is 13.7. The molecule has 1 atom stereocenters. The molecule has 0 amide bonds. The first kappa shape index (κ1) is 29.0. The molecule has 4 aliphatic rings. The lowest BCUT2D eigenvalue weighted by Crippen LogP contribution is -2.60. The molecule has 9 heteroatoms. The van der Waals surface area contributed by atoms with Crippen LogP contribution in [0.25, 0.3) is 0 Å². The first-order chi connectivity index (χ1) is 18.8. The van der Waals surface area contributed by atoms with Crippen molar-refractivity contribution in [3.63, 3.8) is 0 Å². The van der Waals surface area contributed by atoms with Crippen LogP contribution in [-0.4, -0.2) is 61.8 Å². The predicted molar refractivity (Wildman–Crippen MR) is 155 cm³/mol. The van der Waals surface area contributed by atoms with Crippen molar-refractivity contribution in [3.8, 4) is 11.5 Å². The minimum Gasteiger partial charge on any atom is -0.497 e. The van der Waals surface area contributed by atoms with Gasteiger partial charge in [0.1, 0.15) is 11.5 Å². The lowest BCUT2D eigenvalue weighted by atomic mass is 9.91. The maximum Gasteiger partial charge on any atom is 0.303 e. The topological polar surface area (TPSA) is 62.2 Å². The standard InChI is InChI=1S/C31H38F2N2O4.H2S/c1-38-24-7-8-27(30(11-12-30)35-19-31(32,33)20-35)28(16-24)34-13-9-21(10-14-34)18-39-25-4-2-3-23(15-25)26(17-29(36)37)22-5-6-22;/h2-4,7-8,15-16,21-22,26H,5-6,9-14,17-20H2,1H3,(H,36,37);1H2/t26-;/m0./s1. The number of aliphatic carboxylic acids is 1. The molecule has 218 valence electrons. The van der Waals surface area contributed by atoms with Crippen LogP contribution in [-0.2, 0) is 10.3 Å². The van der Waals surface area contributed by atoms with Crippen LogP contribution >= 0.6 is 13.5 Å². The number of methoxy groups -OCH3 is 1.